The summed E-state index contributed by atoms with van der Waals surface area (Å²) in [7, 11) is 0. The van der Waals surface area contributed by atoms with E-state index in [1.807, 2.05) is 6.07 Å². The molecule has 1 nitrogen and oxygen atoms in total. The Kier molecular flexibility index (Phi) is 1.53. The van der Waals surface area contributed by atoms with Crippen molar-refractivity contribution in [3.8, 4) is 0 Å². The highest BCUT2D eigenvalue weighted by molar-refractivity contribution is 5.57. The summed E-state index contributed by atoms with van der Waals surface area (Å²) >= 11 is 0. The molecule has 11 heavy (non-hydrogen) atoms. The fraction of sp³-hybridized carbons (Fsp3) is 0.222. The summed E-state index contributed by atoms with van der Waals surface area (Å²) < 4.78 is 13.0. The van der Waals surface area contributed by atoms with E-state index in [2.05, 4.69) is 11.7 Å². The summed E-state index contributed by atoms with van der Waals surface area (Å²) in [6.45, 7) is 0.841. The molecule has 0 spiro atoms. The first-order chi connectivity index (χ1) is 5.38. The van der Waals surface area contributed by atoms with Gasteiger partial charge in [0.05, 0.1) is 5.69 Å². The monoisotopic (exact) mass is 150 g/mol. The molecule has 0 amide bonds. The number of rotatable bonds is 0. The quantitative estimate of drug-likeness (QED) is 0.597. The highest BCUT2D eigenvalue weighted by Gasteiger charge is 2.11. The third-order valence-electron chi connectivity index (χ3n) is 1.86. The first kappa shape index (κ1) is 6.65. The van der Waals surface area contributed by atoms with E-state index in [1.165, 1.54) is 6.07 Å². The van der Waals surface area contributed by atoms with Gasteiger partial charge in [-0.15, -0.1) is 0 Å². The molecule has 1 N–H and O–H groups in total. The molecule has 1 heterocycles. The van der Waals surface area contributed by atoms with Gasteiger partial charge in [0.1, 0.15) is 5.82 Å². The topological polar surface area (TPSA) is 12.0 Å². The van der Waals surface area contributed by atoms with Crippen LogP contribution in [-0.2, 0) is 0 Å². The zero-order chi connectivity index (χ0) is 7.68. The average molecular weight is 150 g/mol. The molecule has 0 fully saturated rings. The number of halogens is 1. The Morgan fingerprint density at radius 1 is 1.36 bits per heavy atom. The lowest BCUT2D eigenvalue weighted by Crippen LogP contribution is -2.11. The number of benzene rings is 1. The van der Waals surface area contributed by atoms with Gasteiger partial charge in [0.25, 0.3) is 0 Å². The normalized spacial score (nSPS) is 15.4. The van der Waals surface area contributed by atoms with Gasteiger partial charge in [0, 0.05) is 6.54 Å². The molecule has 1 aliphatic rings. The first-order valence-electron chi connectivity index (χ1n) is 3.73. The summed E-state index contributed by atoms with van der Waals surface area (Å²) in [5.74, 6) is -0.154. The standard InChI is InChI=1S/C9H9FN/c10-8-5-1-3-7-4-2-6-11-9(7)8/h1,3-5,11H,2,6H2. The molecule has 0 saturated carbocycles. The van der Waals surface area contributed by atoms with Crippen LogP contribution in [0.4, 0.5) is 10.1 Å². The van der Waals surface area contributed by atoms with E-state index in [0.29, 0.717) is 5.69 Å². The Bertz CT molecular complexity index is 270. The van der Waals surface area contributed by atoms with Gasteiger partial charge >= 0.3 is 0 Å². The predicted octanol–water partition coefficient (Wildman–Crippen LogP) is 2.19. The van der Waals surface area contributed by atoms with Gasteiger partial charge in [0.2, 0.25) is 0 Å². The summed E-state index contributed by atoms with van der Waals surface area (Å²) in [6.07, 6.45) is 3.03. The third-order valence-corrected chi connectivity index (χ3v) is 1.86. The van der Waals surface area contributed by atoms with Crippen LogP contribution in [0.2, 0.25) is 0 Å². The van der Waals surface area contributed by atoms with Gasteiger partial charge in [-0.2, -0.15) is 0 Å². The number of hydrogen-bond acceptors (Lipinski definition) is 1. The minimum Gasteiger partial charge on any atom is -0.382 e. The third kappa shape index (κ3) is 1.09. The number of para-hydroxylation sites is 1. The van der Waals surface area contributed by atoms with E-state index in [0.717, 1.165) is 18.5 Å². The first-order valence-corrected chi connectivity index (χ1v) is 3.73. The molecule has 0 bridgehead atoms. The zero-order valence-electron chi connectivity index (χ0n) is 6.10. The summed E-state index contributed by atoms with van der Waals surface area (Å²) in [4.78, 5) is 0. The minimum absolute atomic E-state index is 0.154. The van der Waals surface area contributed by atoms with Crippen LogP contribution in [0.25, 0.3) is 0 Å². The van der Waals surface area contributed by atoms with Crippen molar-refractivity contribution in [2.24, 2.45) is 0 Å². The molecule has 0 aromatic heterocycles. The molecule has 57 valence electrons. The second-order valence-corrected chi connectivity index (χ2v) is 2.62. The van der Waals surface area contributed by atoms with Gasteiger partial charge in [-0.25, -0.2) is 4.39 Å². The van der Waals surface area contributed by atoms with Crippen molar-refractivity contribution in [3.05, 3.63) is 36.0 Å². The van der Waals surface area contributed by atoms with Crippen molar-refractivity contribution in [1.82, 2.24) is 0 Å². The molecule has 0 unspecified atom stereocenters. The lowest BCUT2D eigenvalue weighted by atomic mass is 10.0. The summed E-state index contributed by atoms with van der Waals surface area (Å²) in [5.41, 5.74) is 1.63. The fourth-order valence-corrected chi connectivity index (χ4v) is 1.32. The van der Waals surface area contributed by atoms with Crippen molar-refractivity contribution in [2.75, 3.05) is 11.9 Å². The minimum atomic E-state index is -0.154. The Morgan fingerprint density at radius 2 is 2.27 bits per heavy atom. The molecule has 1 radical (unpaired) electrons. The molecule has 1 aromatic rings. The molecule has 2 rings (SSSR count). The SMILES string of the molecule is Fc1cccc2c1NCC[CH]2. The molecular formula is C9H9FN. The Morgan fingerprint density at radius 3 is 3.09 bits per heavy atom. The van der Waals surface area contributed by atoms with Gasteiger partial charge in [-0.1, -0.05) is 12.1 Å². The molecule has 0 aliphatic carbocycles. The highest BCUT2D eigenvalue weighted by atomic mass is 19.1. The van der Waals surface area contributed by atoms with E-state index in [-0.39, 0.29) is 5.82 Å². The molecular weight excluding hydrogens is 141 g/mol. The Hall–Kier alpha value is -1.05. The van der Waals surface area contributed by atoms with Crippen molar-refractivity contribution in [1.29, 1.82) is 0 Å². The predicted molar refractivity (Wildman–Crippen MR) is 42.9 cm³/mol. The largest absolute Gasteiger partial charge is 0.382 e. The van der Waals surface area contributed by atoms with Crippen LogP contribution in [0.3, 0.4) is 0 Å². The molecule has 0 saturated heterocycles. The van der Waals surface area contributed by atoms with Gasteiger partial charge in [0.15, 0.2) is 0 Å². The van der Waals surface area contributed by atoms with Crippen LogP contribution < -0.4 is 5.32 Å². The Balaban J connectivity index is 2.49. The fourth-order valence-electron chi connectivity index (χ4n) is 1.32. The van der Waals surface area contributed by atoms with Crippen LogP contribution in [0.15, 0.2) is 18.2 Å². The molecule has 0 atom stereocenters. The van der Waals surface area contributed by atoms with Gasteiger partial charge in [-0.05, 0) is 24.5 Å². The number of anilines is 1. The average Bonchev–Trinajstić information content (AvgIpc) is 2.06. The summed E-state index contributed by atoms with van der Waals surface area (Å²) in [5, 5.41) is 3.02. The van der Waals surface area contributed by atoms with Gasteiger partial charge in [-0.3, -0.25) is 0 Å². The number of fused-ring (bicyclic) bond motifs is 1. The molecule has 1 aromatic carbocycles. The van der Waals surface area contributed by atoms with Crippen molar-refractivity contribution >= 4 is 5.69 Å². The van der Waals surface area contributed by atoms with Crippen molar-refractivity contribution in [3.63, 3.8) is 0 Å². The number of hydrogen-bond donors (Lipinski definition) is 1. The van der Waals surface area contributed by atoms with E-state index < -0.39 is 0 Å². The smallest absolute Gasteiger partial charge is 0.146 e. The van der Waals surface area contributed by atoms with E-state index in [1.54, 1.807) is 6.07 Å². The van der Waals surface area contributed by atoms with Crippen LogP contribution in [0.1, 0.15) is 12.0 Å². The maximum absolute atomic E-state index is 13.0. The van der Waals surface area contributed by atoms with Crippen LogP contribution in [0.5, 0.6) is 0 Å². The highest BCUT2D eigenvalue weighted by Crippen LogP contribution is 2.25. The Labute approximate surface area is 65.2 Å². The zero-order valence-corrected chi connectivity index (χ0v) is 6.10. The van der Waals surface area contributed by atoms with E-state index >= 15 is 0 Å². The second kappa shape index (κ2) is 2.53. The number of nitrogens with one attached hydrogen (secondary N) is 1. The maximum atomic E-state index is 13.0. The van der Waals surface area contributed by atoms with E-state index in [4.69, 9.17) is 0 Å². The molecule has 1 aliphatic heterocycles. The summed E-state index contributed by atoms with van der Waals surface area (Å²) in [6, 6.07) is 5.13. The lowest BCUT2D eigenvalue weighted by Gasteiger charge is -2.17. The lowest BCUT2D eigenvalue weighted by molar-refractivity contribution is 0.627. The van der Waals surface area contributed by atoms with Crippen LogP contribution in [-0.4, -0.2) is 6.54 Å². The van der Waals surface area contributed by atoms with Crippen LogP contribution >= 0.6 is 0 Å². The second-order valence-electron chi connectivity index (χ2n) is 2.62. The molecule has 2 heteroatoms. The van der Waals surface area contributed by atoms with E-state index in [9.17, 15) is 4.39 Å². The van der Waals surface area contributed by atoms with Crippen molar-refractivity contribution < 1.29 is 4.39 Å². The van der Waals surface area contributed by atoms with Crippen LogP contribution in [0, 0.1) is 12.2 Å². The maximum Gasteiger partial charge on any atom is 0.146 e. The van der Waals surface area contributed by atoms with Gasteiger partial charge < -0.3 is 5.32 Å². The van der Waals surface area contributed by atoms with Crippen molar-refractivity contribution in [2.45, 2.75) is 6.42 Å².